The maximum absolute atomic E-state index is 10.7. The van der Waals surface area contributed by atoms with E-state index in [2.05, 4.69) is 4.98 Å². The van der Waals surface area contributed by atoms with Crippen LogP contribution in [-0.2, 0) is 17.8 Å². The van der Waals surface area contributed by atoms with E-state index in [1.807, 2.05) is 24.3 Å². The molecule has 0 spiro atoms. The fourth-order valence-corrected chi connectivity index (χ4v) is 1.72. The minimum absolute atomic E-state index is 0.0640. The molecule has 5 nitrogen and oxygen atoms in total. The highest BCUT2D eigenvalue weighted by molar-refractivity contribution is 5.66. The van der Waals surface area contributed by atoms with E-state index in [0.717, 1.165) is 17.1 Å². The van der Waals surface area contributed by atoms with Gasteiger partial charge in [-0.15, -0.1) is 0 Å². The van der Waals surface area contributed by atoms with Crippen LogP contribution in [0.1, 0.15) is 11.4 Å². The average Bonchev–Trinajstić information content (AvgIpc) is 2.77. The predicted octanol–water partition coefficient (Wildman–Crippen LogP) is 1.57. The van der Waals surface area contributed by atoms with Crippen molar-refractivity contribution >= 4 is 5.97 Å². The van der Waals surface area contributed by atoms with Crippen molar-refractivity contribution < 1.29 is 14.6 Å². The van der Waals surface area contributed by atoms with E-state index in [0.29, 0.717) is 6.42 Å². The van der Waals surface area contributed by atoms with E-state index >= 15 is 0 Å². The van der Waals surface area contributed by atoms with Gasteiger partial charge >= 0.3 is 5.97 Å². The summed E-state index contributed by atoms with van der Waals surface area (Å²) in [5.74, 6) is 0.666. The summed E-state index contributed by atoms with van der Waals surface area (Å²) in [6.07, 6.45) is 3.89. The molecule has 2 rings (SSSR count). The summed E-state index contributed by atoms with van der Waals surface area (Å²) in [4.78, 5) is 14.9. The Morgan fingerprint density at radius 2 is 2.11 bits per heavy atom. The first-order chi connectivity index (χ1) is 8.69. The first kappa shape index (κ1) is 12.2. The van der Waals surface area contributed by atoms with Crippen LogP contribution < -0.4 is 4.74 Å². The number of imidazole rings is 1. The molecule has 94 valence electrons. The third kappa shape index (κ3) is 2.88. The molecule has 0 bridgehead atoms. The summed E-state index contributed by atoms with van der Waals surface area (Å²) in [5.41, 5.74) is 1.06. The fraction of sp³-hybridized carbons (Fsp3) is 0.231. The van der Waals surface area contributed by atoms with Crippen molar-refractivity contribution in [3.8, 4) is 5.75 Å². The van der Waals surface area contributed by atoms with Crippen molar-refractivity contribution in [2.75, 3.05) is 7.11 Å². The number of carboxylic acid groups (broad SMARTS) is 1. The number of ether oxygens (including phenoxy) is 1. The number of benzene rings is 1. The highest BCUT2D eigenvalue weighted by atomic mass is 16.5. The number of hydrogen-bond acceptors (Lipinski definition) is 3. The van der Waals surface area contributed by atoms with Gasteiger partial charge in [0.15, 0.2) is 0 Å². The van der Waals surface area contributed by atoms with Crippen LogP contribution in [0.3, 0.4) is 0 Å². The second-order valence-electron chi connectivity index (χ2n) is 3.89. The standard InChI is InChI=1S/C13H14N2O3/c1-18-11-4-2-10(3-5-11)8-12-14-6-7-15(12)9-13(16)17/h2-7H,8-9H2,1H3,(H,16,17). The Labute approximate surface area is 105 Å². The average molecular weight is 246 g/mol. The van der Waals surface area contributed by atoms with E-state index < -0.39 is 5.97 Å². The molecule has 0 saturated heterocycles. The SMILES string of the molecule is COc1ccc(Cc2nccn2CC(=O)O)cc1. The second-order valence-corrected chi connectivity index (χ2v) is 3.89. The van der Waals surface area contributed by atoms with Gasteiger partial charge in [0.1, 0.15) is 18.1 Å². The molecule has 0 unspecified atom stereocenters. The van der Waals surface area contributed by atoms with Crippen molar-refractivity contribution in [1.82, 2.24) is 9.55 Å². The summed E-state index contributed by atoms with van der Waals surface area (Å²) < 4.78 is 6.71. The Morgan fingerprint density at radius 1 is 1.39 bits per heavy atom. The topological polar surface area (TPSA) is 64.4 Å². The lowest BCUT2D eigenvalue weighted by Gasteiger charge is -2.06. The highest BCUT2D eigenvalue weighted by Crippen LogP contribution is 2.14. The molecule has 5 heteroatoms. The first-order valence-electron chi connectivity index (χ1n) is 5.54. The lowest BCUT2D eigenvalue weighted by molar-refractivity contribution is -0.137. The Balaban J connectivity index is 2.12. The number of aliphatic carboxylic acids is 1. The van der Waals surface area contributed by atoms with Gasteiger partial charge in [-0.3, -0.25) is 4.79 Å². The van der Waals surface area contributed by atoms with Crippen LogP contribution in [0.5, 0.6) is 5.75 Å². The number of methoxy groups -OCH3 is 1. The van der Waals surface area contributed by atoms with Crippen LogP contribution in [0.2, 0.25) is 0 Å². The van der Waals surface area contributed by atoms with Gasteiger partial charge < -0.3 is 14.4 Å². The monoisotopic (exact) mass is 246 g/mol. The number of carboxylic acids is 1. The Hall–Kier alpha value is -2.30. The van der Waals surface area contributed by atoms with Gasteiger partial charge in [-0.05, 0) is 17.7 Å². The molecule has 2 aromatic rings. The molecule has 0 atom stereocenters. The number of hydrogen-bond donors (Lipinski definition) is 1. The summed E-state index contributed by atoms with van der Waals surface area (Å²) in [5, 5.41) is 8.78. The number of nitrogens with zero attached hydrogens (tertiary/aromatic N) is 2. The minimum Gasteiger partial charge on any atom is -0.497 e. The summed E-state index contributed by atoms with van der Waals surface area (Å²) in [7, 11) is 1.62. The van der Waals surface area contributed by atoms with Crippen LogP contribution in [0.25, 0.3) is 0 Å². The largest absolute Gasteiger partial charge is 0.497 e. The molecule has 0 saturated carbocycles. The van der Waals surface area contributed by atoms with E-state index in [1.54, 1.807) is 24.1 Å². The molecule has 1 heterocycles. The third-order valence-electron chi connectivity index (χ3n) is 2.63. The molecule has 0 aliphatic heterocycles. The van der Waals surface area contributed by atoms with Gasteiger partial charge in [-0.25, -0.2) is 4.98 Å². The molecular weight excluding hydrogens is 232 g/mol. The molecule has 0 radical (unpaired) electrons. The quantitative estimate of drug-likeness (QED) is 0.869. The van der Waals surface area contributed by atoms with Crippen LogP contribution in [0, 0.1) is 0 Å². The highest BCUT2D eigenvalue weighted by Gasteiger charge is 2.07. The van der Waals surface area contributed by atoms with E-state index in [4.69, 9.17) is 9.84 Å². The normalized spacial score (nSPS) is 10.3. The zero-order chi connectivity index (χ0) is 13.0. The smallest absolute Gasteiger partial charge is 0.323 e. The number of carbonyl (C=O) groups is 1. The second kappa shape index (κ2) is 5.35. The molecule has 1 aromatic heterocycles. The number of rotatable bonds is 5. The summed E-state index contributed by atoms with van der Waals surface area (Å²) >= 11 is 0. The van der Waals surface area contributed by atoms with Crippen molar-refractivity contribution in [2.24, 2.45) is 0 Å². The van der Waals surface area contributed by atoms with E-state index in [1.165, 1.54) is 0 Å². The van der Waals surface area contributed by atoms with Gasteiger partial charge in [0.25, 0.3) is 0 Å². The molecule has 1 aromatic carbocycles. The van der Waals surface area contributed by atoms with Gasteiger partial charge in [0.2, 0.25) is 0 Å². The Morgan fingerprint density at radius 3 is 2.72 bits per heavy atom. The third-order valence-corrected chi connectivity index (χ3v) is 2.63. The zero-order valence-electron chi connectivity index (χ0n) is 10.0. The number of aromatic nitrogens is 2. The summed E-state index contributed by atoms with van der Waals surface area (Å²) in [6, 6.07) is 7.64. The first-order valence-corrected chi connectivity index (χ1v) is 5.54. The Kier molecular flexibility index (Phi) is 3.62. The van der Waals surface area contributed by atoms with E-state index in [9.17, 15) is 4.79 Å². The molecule has 0 amide bonds. The van der Waals surface area contributed by atoms with E-state index in [-0.39, 0.29) is 6.54 Å². The van der Waals surface area contributed by atoms with Gasteiger partial charge in [-0.1, -0.05) is 12.1 Å². The maximum atomic E-state index is 10.7. The van der Waals surface area contributed by atoms with Crippen molar-refractivity contribution in [3.05, 3.63) is 48.0 Å². The van der Waals surface area contributed by atoms with Crippen molar-refractivity contribution in [3.63, 3.8) is 0 Å². The van der Waals surface area contributed by atoms with Crippen LogP contribution >= 0.6 is 0 Å². The van der Waals surface area contributed by atoms with Crippen LogP contribution in [-0.4, -0.2) is 27.7 Å². The van der Waals surface area contributed by atoms with Gasteiger partial charge in [-0.2, -0.15) is 0 Å². The van der Waals surface area contributed by atoms with Gasteiger partial charge in [0, 0.05) is 18.8 Å². The minimum atomic E-state index is -0.871. The maximum Gasteiger partial charge on any atom is 0.323 e. The molecule has 1 N–H and O–H groups in total. The lowest BCUT2D eigenvalue weighted by Crippen LogP contribution is -2.11. The predicted molar refractivity (Wildman–Crippen MR) is 65.7 cm³/mol. The molecule has 0 aliphatic carbocycles. The van der Waals surface area contributed by atoms with Gasteiger partial charge in [0.05, 0.1) is 7.11 Å². The summed E-state index contributed by atoms with van der Waals surface area (Å²) in [6.45, 7) is -0.0640. The molecule has 0 fully saturated rings. The van der Waals surface area contributed by atoms with Crippen LogP contribution in [0.4, 0.5) is 0 Å². The van der Waals surface area contributed by atoms with Crippen molar-refractivity contribution in [2.45, 2.75) is 13.0 Å². The van der Waals surface area contributed by atoms with Crippen LogP contribution in [0.15, 0.2) is 36.7 Å². The molecular formula is C13H14N2O3. The zero-order valence-corrected chi connectivity index (χ0v) is 10.0. The molecule has 0 aliphatic rings. The fourth-order valence-electron chi connectivity index (χ4n) is 1.72. The van der Waals surface area contributed by atoms with Crippen molar-refractivity contribution in [1.29, 1.82) is 0 Å². The Bertz CT molecular complexity index is 531. The molecule has 18 heavy (non-hydrogen) atoms. The lowest BCUT2D eigenvalue weighted by atomic mass is 10.1.